The van der Waals surface area contributed by atoms with Crippen LogP contribution >= 0.6 is 11.3 Å². The highest BCUT2D eigenvalue weighted by molar-refractivity contribution is 7.16. The van der Waals surface area contributed by atoms with Crippen molar-refractivity contribution in [1.82, 2.24) is 0 Å². The van der Waals surface area contributed by atoms with Crippen LogP contribution in [0.3, 0.4) is 0 Å². The zero-order valence-corrected chi connectivity index (χ0v) is 16.6. The number of fused-ring (bicyclic) bond motifs is 1. The van der Waals surface area contributed by atoms with Crippen molar-refractivity contribution in [3.05, 3.63) is 51.9 Å². The van der Waals surface area contributed by atoms with Gasteiger partial charge in [-0.3, -0.25) is 10.2 Å². The third-order valence-electron chi connectivity index (χ3n) is 4.13. The maximum absolute atomic E-state index is 12.8. The Kier molecular flexibility index (Phi) is 5.79. The van der Waals surface area contributed by atoms with Gasteiger partial charge in [-0.05, 0) is 24.6 Å². The number of para-hydroxylation sites is 1. The summed E-state index contributed by atoms with van der Waals surface area (Å²) in [6, 6.07) is 8.55. The van der Waals surface area contributed by atoms with Crippen LogP contribution in [0.25, 0.3) is 11.0 Å². The Morgan fingerprint density at radius 3 is 2.68 bits per heavy atom. The van der Waals surface area contributed by atoms with Crippen molar-refractivity contribution in [2.24, 2.45) is 0 Å². The largest absolute Gasteiger partial charge is 0.493 e. The van der Waals surface area contributed by atoms with E-state index < -0.39 is 11.9 Å². The average molecular weight is 400 g/mol. The van der Waals surface area contributed by atoms with Crippen molar-refractivity contribution in [1.29, 1.82) is 5.41 Å². The van der Waals surface area contributed by atoms with E-state index in [4.69, 9.17) is 19.3 Å². The minimum atomic E-state index is -0.534. The maximum Gasteiger partial charge on any atom is 0.340 e. The summed E-state index contributed by atoms with van der Waals surface area (Å²) in [6.45, 7) is 2.03. The normalized spacial score (nSPS) is 10.7. The van der Waals surface area contributed by atoms with Gasteiger partial charge in [0, 0.05) is 10.3 Å². The number of nitrogens with one attached hydrogen (secondary N) is 2. The van der Waals surface area contributed by atoms with Crippen LogP contribution in [0.15, 0.2) is 34.7 Å². The summed E-state index contributed by atoms with van der Waals surface area (Å²) in [6.07, 6.45) is 1.70. The molecular weight excluding hydrogens is 380 g/mol. The number of esters is 1. The molecule has 0 aliphatic rings. The lowest BCUT2D eigenvalue weighted by Gasteiger charge is -2.08. The number of ether oxygens (including phenoxy) is 2. The van der Waals surface area contributed by atoms with Gasteiger partial charge in [-0.1, -0.05) is 25.5 Å². The van der Waals surface area contributed by atoms with E-state index >= 15 is 0 Å². The molecule has 3 rings (SSSR count). The highest BCUT2D eigenvalue weighted by Crippen LogP contribution is 2.30. The fourth-order valence-electron chi connectivity index (χ4n) is 2.80. The van der Waals surface area contributed by atoms with E-state index in [-0.39, 0.29) is 11.1 Å². The molecule has 2 aromatic heterocycles. The fourth-order valence-corrected chi connectivity index (χ4v) is 3.94. The smallest absolute Gasteiger partial charge is 0.340 e. The zero-order chi connectivity index (χ0) is 20.3. The van der Waals surface area contributed by atoms with Gasteiger partial charge < -0.3 is 19.2 Å². The summed E-state index contributed by atoms with van der Waals surface area (Å²) in [7, 11) is 2.80. The number of hydrogen-bond acceptors (Lipinski definition) is 7. The summed E-state index contributed by atoms with van der Waals surface area (Å²) in [5, 5.41) is 11.8. The van der Waals surface area contributed by atoms with Gasteiger partial charge in [-0.15, -0.1) is 11.3 Å². The molecular formula is C20H20N2O5S. The molecule has 0 fully saturated rings. The molecule has 2 heterocycles. The van der Waals surface area contributed by atoms with E-state index in [1.165, 1.54) is 25.6 Å². The Morgan fingerprint density at radius 2 is 2.00 bits per heavy atom. The lowest BCUT2D eigenvalue weighted by atomic mass is 10.1. The van der Waals surface area contributed by atoms with Crippen molar-refractivity contribution in [2.75, 3.05) is 19.5 Å². The van der Waals surface area contributed by atoms with Crippen LogP contribution in [0.2, 0.25) is 0 Å². The van der Waals surface area contributed by atoms with Gasteiger partial charge in [0.15, 0.2) is 11.3 Å². The minimum absolute atomic E-state index is 0.0574. The molecule has 0 aliphatic carbocycles. The highest BCUT2D eigenvalue weighted by Gasteiger charge is 2.20. The summed E-state index contributed by atoms with van der Waals surface area (Å²) in [5.74, 6) is -0.574. The van der Waals surface area contributed by atoms with Crippen LogP contribution in [0, 0.1) is 5.41 Å². The zero-order valence-electron chi connectivity index (χ0n) is 15.8. The second kappa shape index (κ2) is 8.26. The molecule has 0 unspecified atom stereocenters. The second-order valence-electron chi connectivity index (χ2n) is 6.02. The van der Waals surface area contributed by atoms with Crippen LogP contribution in [0.1, 0.15) is 38.9 Å². The van der Waals surface area contributed by atoms with Gasteiger partial charge in [0.25, 0.3) is 5.91 Å². The molecule has 2 N–H and O–H groups in total. The highest BCUT2D eigenvalue weighted by atomic mass is 32.1. The Balaban J connectivity index is 1.98. The minimum Gasteiger partial charge on any atom is -0.493 e. The number of aryl methyl sites for hydroxylation is 1. The first kappa shape index (κ1) is 19.6. The Hall–Kier alpha value is -3.13. The first-order valence-electron chi connectivity index (χ1n) is 8.66. The third-order valence-corrected chi connectivity index (χ3v) is 5.24. The number of hydrogen-bond donors (Lipinski definition) is 2. The van der Waals surface area contributed by atoms with Crippen molar-refractivity contribution in [3.63, 3.8) is 0 Å². The van der Waals surface area contributed by atoms with Gasteiger partial charge in [0.1, 0.15) is 10.6 Å². The first-order chi connectivity index (χ1) is 13.5. The molecule has 28 heavy (non-hydrogen) atoms. The molecule has 0 spiro atoms. The number of carbonyl (C=O) groups is 2. The number of anilines is 1. The summed E-state index contributed by atoms with van der Waals surface area (Å²) in [4.78, 5) is 25.8. The van der Waals surface area contributed by atoms with E-state index in [9.17, 15) is 9.59 Å². The molecule has 146 valence electrons. The lowest BCUT2D eigenvalue weighted by Crippen LogP contribution is -2.21. The van der Waals surface area contributed by atoms with Gasteiger partial charge >= 0.3 is 5.97 Å². The van der Waals surface area contributed by atoms with E-state index in [1.807, 2.05) is 6.92 Å². The molecule has 1 amide bonds. The molecule has 8 heteroatoms. The molecule has 7 nitrogen and oxygen atoms in total. The maximum atomic E-state index is 12.8. The number of benzene rings is 1. The van der Waals surface area contributed by atoms with E-state index in [1.54, 1.807) is 30.3 Å². The van der Waals surface area contributed by atoms with Crippen LogP contribution in [0.5, 0.6) is 5.75 Å². The summed E-state index contributed by atoms with van der Waals surface area (Å²) < 4.78 is 15.5. The first-order valence-corrected chi connectivity index (χ1v) is 9.48. The van der Waals surface area contributed by atoms with Crippen LogP contribution in [-0.2, 0) is 11.2 Å². The number of rotatable bonds is 6. The molecule has 1 aromatic carbocycles. The van der Waals surface area contributed by atoms with Gasteiger partial charge in [-0.25, -0.2) is 4.79 Å². The SMILES string of the molecule is CCCc1cc(C(=O)OC)c(NC(=O)c2cc3cccc(OC)c3oc2=N)s1. The number of amides is 1. The predicted octanol–water partition coefficient (Wildman–Crippen LogP) is 3.97. The Bertz CT molecular complexity index is 1100. The standard InChI is InChI=1S/C20H20N2O5S/c1-4-6-12-10-14(20(24)26-3)19(28-12)22-18(23)13-9-11-7-5-8-15(25-2)16(11)27-17(13)21/h5,7-10,21H,4,6H2,1-3H3,(H,22,23). The molecule has 0 radical (unpaired) electrons. The van der Waals surface area contributed by atoms with Crippen molar-refractivity contribution in [3.8, 4) is 5.75 Å². The third kappa shape index (κ3) is 3.77. The molecule has 0 saturated carbocycles. The Labute approximate surface area is 165 Å². The molecule has 3 aromatic rings. The topological polar surface area (TPSA) is 102 Å². The van der Waals surface area contributed by atoms with Crippen LogP contribution in [0.4, 0.5) is 5.00 Å². The predicted molar refractivity (Wildman–Crippen MR) is 106 cm³/mol. The summed E-state index contributed by atoms with van der Waals surface area (Å²) >= 11 is 1.32. The quantitative estimate of drug-likeness (QED) is 0.610. The summed E-state index contributed by atoms with van der Waals surface area (Å²) in [5.41, 5.74) is 0.458. The van der Waals surface area contributed by atoms with E-state index in [0.29, 0.717) is 27.3 Å². The van der Waals surface area contributed by atoms with Gasteiger partial charge in [0.05, 0.1) is 19.8 Å². The van der Waals surface area contributed by atoms with E-state index in [2.05, 4.69) is 5.32 Å². The lowest BCUT2D eigenvalue weighted by molar-refractivity contribution is 0.0602. The van der Waals surface area contributed by atoms with E-state index in [0.717, 1.165) is 17.7 Å². The number of carbonyl (C=O) groups excluding carboxylic acids is 2. The van der Waals surface area contributed by atoms with Gasteiger partial charge in [0.2, 0.25) is 5.55 Å². The molecule has 0 saturated heterocycles. The monoisotopic (exact) mass is 400 g/mol. The fraction of sp³-hybridized carbons (Fsp3) is 0.250. The van der Waals surface area contributed by atoms with Crippen molar-refractivity contribution in [2.45, 2.75) is 19.8 Å². The average Bonchev–Trinajstić information content (AvgIpc) is 3.08. The number of methoxy groups -OCH3 is 2. The molecule has 0 aliphatic heterocycles. The Morgan fingerprint density at radius 1 is 1.21 bits per heavy atom. The second-order valence-corrected chi connectivity index (χ2v) is 7.16. The van der Waals surface area contributed by atoms with Gasteiger partial charge in [-0.2, -0.15) is 0 Å². The van der Waals surface area contributed by atoms with Crippen molar-refractivity contribution < 1.29 is 23.5 Å². The van der Waals surface area contributed by atoms with Crippen LogP contribution in [-0.4, -0.2) is 26.1 Å². The van der Waals surface area contributed by atoms with Crippen LogP contribution < -0.4 is 15.6 Å². The molecule has 0 bridgehead atoms. The van der Waals surface area contributed by atoms with Crippen molar-refractivity contribution >= 4 is 39.2 Å². The molecule has 0 atom stereocenters. The number of thiophene rings is 1.